The van der Waals surface area contributed by atoms with Gasteiger partial charge in [0.25, 0.3) is 0 Å². The molecule has 0 amide bonds. The van der Waals surface area contributed by atoms with Crippen molar-refractivity contribution in [2.75, 3.05) is 13.2 Å². The summed E-state index contributed by atoms with van der Waals surface area (Å²) in [5.74, 6) is 0.376. The van der Waals surface area contributed by atoms with E-state index in [2.05, 4.69) is 36.5 Å². The highest BCUT2D eigenvalue weighted by Gasteiger charge is 2.25. The van der Waals surface area contributed by atoms with Gasteiger partial charge in [-0.3, -0.25) is 0 Å². The molecule has 0 saturated carbocycles. The molecule has 2 atom stereocenters. The van der Waals surface area contributed by atoms with Crippen molar-refractivity contribution < 1.29 is 5.11 Å². The SMILES string of the molecule is Cc1cccc(C2NCCCC2CO)c1. The molecule has 0 bridgehead atoms. The first-order valence-corrected chi connectivity index (χ1v) is 5.72. The summed E-state index contributed by atoms with van der Waals surface area (Å²) in [6, 6.07) is 8.91. The second-order valence-corrected chi connectivity index (χ2v) is 4.43. The molecular formula is C13H19NO. The summed E-state index contributed by atoms with van der Waals surface area (Å²) in [5, 5.41) is 12.9. The van der Waals surface area contributed by atoms with E-state index in [0.29, 0.717) is 12.0 Å². The molecule has 2 nitrogen and oxygen atoms in total. The summed E-state index contributed by atoms with van der Waals surface area (Å²) in [6.45, 7) is 3.46. The van der Waals surface area contributed by atoms with Gasteiger partial charge < -0.3 is 10.4 Å². The summed E-state index contributed by atoms with van der Waals surface area (Å²) in [7, 11) is 0. The second kappa shape index (κ2) is 4.77. The maximum atomic E-state index is 9.35. The topological polar surface area (TPSA) is 32.3 Å². The van der Waals surface area contributed by atoms with E-state index >= 15 is 0 Å². The monoisotopic (exact) mass is 205 g/mol. The molecule has 0 radical (unpaired) electrons. The number of rotatable bonds is 2. The van der Waals surface area contributed by atoms with Gasteiger partial charge in [-0.05, 0) is 31.9 Å². The first-order chi connectivity index (χ1) is 7.31. The fraction of sp³-hybridized carbons (Fsp3) is 0.538. The number of aliphatic hydroxyl groups is 1. The van der Waals surface area contributed by atoms with E-state index in [4.69, 9.17) is 0 Å². The quantitative estimate of drug-likeness (QED) is 0.774. The Kier molecular flexibility index (Phi) is 3.39. The lowest BCUT2D eigenvalue weighted by Crippen LogP contribution is -2.35. The Morgan fingerprint density at radius 1 is 1.47 bits per heavy atom. The average molecular weight is 205 g/mol. The molecule has 1 fully saturated rings. The van der Waals surface area contributed by atoms with Crippen LogP contribution < -0.4 is 5.32 Å². The van der Waals surface area contributed by atoms with Crippen LogP contribution in [0.1, 0.15) is 30.0 Å². The number of nitrogens with one attached hydrogen (secondary N) is 1. The summed E-state index contributed by atoms with van der Waals surface area (Å²) in [6.07, 6.45) is 2.30. The number of hydrogen-bond donors (Lipinski definition) is 2. The number of benzene rings is 1. The van der Waals surface area contributed by atoms with Crippen LogP contribution in [0.3, 0.4) is 0 Å². The van der Waals surface area contributed by atoms with E-state index in [1.165, 1.54) is 17.5 Å². The molecule has 1 aliphatic heterocycles. The number of aliphatic hydroxyl groups excluding tert-OH is 1. The minimum atomic E-state index is 0.283. The van der Waals surface area contributed by atoms with Gasteiger partial charge in [0.05, 0.1) is 0 Å². The highest BCUT2D eigenvalue weighted by molar-refractivity contribution is 5.26. The summed E-state index contributed by atoms with van der Waals surface area (Å²) in [5.41, 5.74) is 2.60. The maximum absolute atomic E-state index is 9.35. The van der Waals surface area contributed by atoms with Crippen molar-refractivity contribution in [2.24, 2.45) is 5.92 Å². The fourth-order valence-corrected chi connectivity index (χ4v) is 2.41. The predicted molar refractivity (Wildman–Crippen MR) is 61.7 cm³/mol. The molecular weight excluding hydrogens is 186 g/mol. The van der Waals surface area contributed by atoms with Crippen molar-refractivity contribution in [2.45, 2.75) is 25.8 Å². The minimum absolute atomic E-state index is 0.283. The molecule has 1 heterocycles. The van der Waals surface area contributed by atoms with Crippen LogP contribution in [-0.2, 0) is 0 Å². The van der Waals surface area contributed by atoms with Gasteiger partial charge in [0, 0.05) is 18.6 Å². The molecule has 0 aliphatic carbocycles. The average Bonchev–Trinajstić information content (AvgIpc) is 2.29. The van der Waals surface area contributed by atoms with Gasteiger partial charge in [-0.2, -0.15) is 0 Å². The molecule has 2 heteroatoms. The van der Waals surface area contributed by atoms with Gasteiger partial charge >= 0.3 is 0 Å². The lowest BCUT2D eigenvalue weighted by atomic mass is 9.86. The van der Waals surface area contributed by atoms with Crippen LogP contribution in [0.25, 0.3) is 0 Å². The van der Waals surface area contributed by atoms with Crippen molar-refractivity contribution in [3.05, 3.63) is 35.4 Å². The summed E-state index contributed by atoms with van der Waals surface area (Å²) >= 11 is 0. The third-order valence-electron chi connectivity index (χ3n) is 3.22. The third-order valence-corrected chi connectivity index (χ3v) is 3.22. The predicted octanol–water partition coefficient (Wildman–Crippen LogP) is 2.03. The van der Waals surface area contributed by atoms with Crippen LogP contribution in [0, 0.1) is 12.8 Å². The van der Waals surface area contributed by atoms with E-state index in [1.54, 1.807) is 0 Å². The Balaban J connectivity index is 2.20. The standard InChI is InChI=1S/C13H19NO/c1-10-4-2-5-11(8-10)13-12(9-15)6-3-7-14-13/h2,4-5,8,12-15H,3,6-7,9H2,1H3. The lowest BCUT2D eigenvalue weighted by molar-refractivity contribution is 0.160. The third kappa shape index (κ3) is 2.39. The molecule has 0 aromatic heterocycles. The van der Waals surface area contributed by atoms with E-state index in [1.807, 2.05) is 0 Å². The number of hydrogen-bond acceptors (Lipinski definition) is 2. The van der Waals surface area contributed by atoms with E-state index in [-0.39, 0.29) is 6.61 Å². The Hall–Kier alpha value is -0.860. The van der Waals surface area contributed by atoms with Gasteiger partial charge in [0.1, 0.15) is 0 Å². The summed E-state index contributed by atoms with van der Waals surface area (Å²) in [4.78, 5) is 0. The lowest BCUT2D eigenvalue weighted by Gasteiger charge is -2.32. The molecule has 15 heavy (non-hydrogen) atoms. The van der Waals surface area contributed by atoms with Gasteiger partial charge in [-0.15, -0.1) is 0 Å². The Morgan fingerprint density at radius 3 is 3.07 bits per heavy atom. The van der Waals surface area contributed by atoms with Crippen LogP contribution >= 0.6 is 0 Å². The van der Waals surface area contributed by atoms with Gasteiger partial charge in [-0.1, -0.05) is 29.8 Å². The highest BCUT2D eigenvalue weighted by atomic mass is 16.3. The molecule has 2 rings (SSSR count). The summed E-state index contributed by atoms with van der Waals surface area (Å²) < 4.78 is 0. The zero-order valence-corrected chi connectivity index (χ0v) is 9.24. The largest absolute Gasteiger partial charge is 0.396 e. The Bertz CT molecular complexity index is 324. The fourth-order valence-electron chi connectivity index (χ4n) is 2.41. The van der Waals surface area contributed by atoms with Crippen LogP contribution in [0.2, 0.25) is 0 Å². The van der Waals surface area contributed by atoms with Crippen LogP contribution in [0.5, 0.6) is 0 Å². The van der Waals surface area contributed by atoms with E-state index in [0.717, 1.165) is 13.0 Å². The molecule has 1 saturated heterocycles. The van der Waals surface area contributed by atoms with Gasteiger partial charge in [0.2, 0.25) is 0 Å². The van der Waals surface area contributed by atoms with Gasteiger partial charge in [-0.25, -0.2) is 0 Å². The van der Waals surface area contributed by atoms with E-state index < -0.39 is 0 Å². The first-order valence-electron chi connectivity index (χ1n) is 5.72. The van der Waals surface area contributed by atoms with Crippen LogP contribution in [0.15, 0.2) is 24.3 Å². The minimum Gasteiger partial charge on any atom is -0.396 e. The molecule has 0 spiro atoms. The van der Waals surface area contributed by atoms with Crippen LogP contribution in [0.4, 0.5) is 0 Å². The smallest absolute Gasteiger partial charge is 0.0477 e. The Labute approximate surface area is 91.3 Å². The molecule has 1 aromatic rings. The Morgan fingerprint density at radius 2 is 2.33 bits per heavy atom. The normalized spacial score (nSPS) is 26.5. The van der Waals surface area contributed by atoms with Crippen molar-refractivity contribution in [1.29, 1.82) is 0 Å². The molecule has 1 aromatic carbocycles. The van der Waals surface area contributed by atoms with Gasteiger partial charge in [0.15, 0.2) is 0 Å². The van der Waals surface area contributed by atoms with E-state index in [9.17, 15) is 5.11 Å². The molecule has 2 N–H and O–H groups in total. The molecule has 1 aliphatic rings. The zero-order valence-electron chi connectivity index (χ0n) is 9.24. The second-order valence-electron chi connectivity index (χ2n) is 4.43. The zero-order chi connectivity index (χ0) is 10.7. The number of piperidine rings is 1. The van der Waals surface area contributed by atoms with Crippen molar-refractivity contribution in [3.63, 3.8) is 0 Å². The maximum Gasteiger partial charge on any atom is 0.0477 e. The molecule has 2 unspecified atom stereocenters. The highest BCUT2D eigenvalue weighted by Crippen LogP contribution is 2.29. The van der Waals surface area contributed by atoms with Crippen LogP contribution in [-0.4, -0.2) is 18.3 Å². The number of aryl methyl sites for hydroxylation is 1. The molecule has 82 valence electrons. The first kappa shape index (κ1) is 10.7. The van der Waals surface area contributed by atoms with Crippen molar-refractivity contribution in [3.8, 4) is 0 Å². The van der Waals surface area contributed by atoms with Crippen molar-refractivity contribution >= 4 is 0 Å². The van der Waals surface area contributed by atoms with Crippen molar-refractivity contribution in [1.82, 2.24) is 5.32 Å².